The van der Waals surface area contributed by atoms with E-state index in [1.54, 1.807) is 11.8 Å². The first-order valence-electron chi connectivity index (χ1n) is 2.88. The highest BCUT2D eigenvalue weighted by molar-refractivity contribution is 8.00. The van der Waals surface area contributed by atoms with Crippen molar-refractivity contribution < 1.29 is 4.79 Å². The van der Waals surface area contributed by atoms with E-state index in [1.165, 1.54) is 5.75 Å². The van der Waals surface area contributed by atoms with Gasteiger partial charge in [-0.3, -0.25) is 4.79 Å². The second kappa shape index (κ2) is 2.53. The summed E-state index contributed by atoms with van der Waals surface area (Å²) in [5, 5.41) is 0. The van der Waals surface area contributed by atoms with Crippen LogP contribution in [-0.4, -0.2) is 17.3 Å². The molecular formula is C6H10OS. The predicted octanol–water partition coefficient (Wildman–Crippen LogP) is 1.33. The van der Waals surface area contributed by atoms with Gasteiger partial charge in [-0.2, -0.15) is 11.8 Å². The van der Waals surface area contributed by atoms with Crippen molar-refractivity contribution in [1.29, 1.82) is 0 Å². The minimum absolute atomic E-state index is 0.425. The number of Topliss-reactive ketones (excluding diaryl/α,β-unsaturated/α-hetero) is 1. The molecule has 0 aromatic carbocycles. The summed E-state index contributed by atoms with van der Waals surface area (Å²) in [6.07, 6.45) is 0.812. The number of thioether (sulfide) groups is 1. The topological polar surface area (TPSA) is 17.1 Å². The molecule has 1 aliphatic heterocycles. The second-order valence-electron chi connectivity index (χ2n) is 2.36. The summed E-state index contributed by atoms with van der Waals surface area (Å²) in [4.78, 5) is 10.7. The van der Waals surface area contributed by atoms with Gasteiger partial charge in [0.1, 0.15) is 5.78 Å². The molecule has 1 heterocycles. The van der Waals surface area contributed by atoms with Crippen LogP contribution in [0.25, 0.3) is 0 Å². The van der Waals surface area contributed by atoms with Gasteiger partial charge in [0.15, 0.2) is 0 Å². The normalized spacial score (nSPS) is 30.6. The molecule has 0 radical (unpaired) electrons. The molecule has 8 heavy (non-hydrogen) atoms. The molecule has 1 saturated heterocycles. The van der Waals surface area contributed by atoms with Crippen LogP contribution in [0.2, 0.25) is 0 Å². The van der Waals surface area contributed by atoms with Crippen LogP contribution < -0.4 is 0 Å². The molecule has 46 valence electrons. The lowest BCUT2D eigenvalue weighted by atomic mass is 10.1. The Morgan fingerprint density at radius 3 is 2.88 bits per heavy atom. The molecule has 1 rings (SSSR count). The second-order valence-corrected chi connectivity index (χ2v) is 3.39. The Kier molecular flexibility index (Phi) is 1.95. The third-order valence-corrected chi connectivity index (χ3v) is 2.57. The number of rotatable bonds is 0. The van der Waals surface area contributed by atoms with E-state index in [1.807, 2.05) is 0 Å². The molecular weight excluding hydrogens is 120 g/mol. The van der Waals surface area contributed by atoms with Crippen molar-refractivity contribution in [2.75, 3.05) is 11.5 Å². The average Bonchev–Trinajstić information content (AvgIpc) is 1.64. The first-order valence-corrected chi connectivity index (χ1v) is 4.04. The van der Waals surface area contributed by atoms with Crippen molar-refractivity contribution >= 4 is 17.5 Å². The zero-order chi connectivity index (χ0) is 5.98. The summed E-state index contributed by atoms with van der Waals surface area (Å²) >= 11 is 1.76. The SMILES string of the molecule is C[C@H]1CSCC(=O)C1. The number of carbonyl (C=O) groups excluding carboxylic acids is 1. The quantitative estimate of drug-likeness (QED) is 0.492. The first kappa shape index (κ1) is 6.14. The van der Waals surface area contributed by atoms with Gasteiger partial charge < -0.3 is 0 Å². The van der Waals surface area contributed by atoms with Crippen LogP contribution in [0.15, 0.2) is 0 Å². The molecule has 0 unspecified atom stereocenters. The molecule has 0 aliphatic carbocycles. The Labute approximate surface area is 53.8 Å². The Morgan fingerprint density at radius 1 is 1.75 bits per heavy atom. The van der Waals surface area contributed by atoms with E-state index >= 15 is 0 Å². The molecule has 0 aromatic heterocycles. The molecule has 0 spiro atoms. The lowest BCUT2D eigenvalue weighted by Gasteiger charge is -2.14. The van der Waals surface area contributed by atoms with E-state index in [9.17, 15) is 4.79 Å². The maximum atomic E-state index is 10.7. The van der Waals surface area contributed by atoms with Gasteiger partial charge in [0.25, 0.3) is 0 Å². The summed E-state index contributed by atoms with van der Waals surface area (Å²) < 4.78 is 0. The maximum absolute atomic E-state index is 10.7. The van der Waals surface area contributed by atoms with Crippen LogP contribution in [-0.2, 0) is 4.79 Å². The van der Waals surface area contributed by atoms with Gasteiger partial charge in [0.05, 0.1) is 5.75 Å². The zero-order valence-corrected chi connectivity index (χ0v) is 5.83. The maximum Gasteiger partial charge on any atom is 0.143 e. The summed E-state index contributed by atoms with van der Waals surface area (Å²) in [5.74, 6) is 2.98. The molecule has 1 nitrogen and oxygen atoms in total. The third-order valence-electron chi connectivity index (χ3n) is 1.24. The van der Waals surface area contributed by atoms with Crippen LogP contribution in [0.1, 0.15) is 13.3 Å². The van der Waals surface area contributed by atoms with Crippen LogP contribution in [0, 0.1) is 5.92 Å². The minimum Gasteiger partial charge on any atom is -0.299 e. The summed E-state index contributed by atoms with van der Waals surface area (Å²) in [6, 6.07) is 0. The monoisotopic (exact) mass is 130 g/mol. The van der Waals surface area contributed by atoms with Crippen LogP contribution in [0.5, 0.6) is 0 Å². The highest BCUT2D eigenvalue weighted by atomic mass is 32.2. The van der Waals surface area contributed by atoms with Crippen molar-refractivity contribution in [2.24, 2.45) is 5.92 Å². The van der Waals surface area contributed by atoms with E-state index in [0.717, 1.165) is 12.2 Å². The van der Waals surface area contributed by atoms with E-state index in [-0.39, 0.29) is 0 Å². The number of hydrogen-bond acceptors (Lipinski definition) is 2. The summed E-state index contributed by atoms with van der Waals surface area (Å²) in [6.45, 7) is 2.13. The van der Waals surface area contributed by atoms with E-state index in [0.29, 0.717) is 11.7 Å². The number of hydrogen-bond donors (Lipinski definition) is 0. The zero-order valence-electron chi connectivity index (χ0n) is 5.02. The van der Waals surface area contributed by atoms with Crippen molar-refractivity contribution in [3.8, 4) is 0 Å². The van der Waals surface area contributed by atoms with E-state index in [2.05, 4.69) is 6.92 Å². The van der Waals surface area contributed by atoms with Crippen molar-refractivity contribution in [1.82, 2.24) is 0 Å². The van der Waals surface area contributed by atoms with E-state index in [4.69, 9.17) is 0 Å². The fourth-order valence-corrected chi connectivity index (χ4v) is 1.86. The lowest BCUT2D eigenvalue weighted by Crippen LogP contribution is -2.16. The third kappa shape index (κ3) is 1.51. The van der Waals surface area contributed by atoms with Crippen molar-refractivity contribution in [3.05, 3.63) is 0 Å². The Morgan fingerprint density at radius 2 is 2.50 bits per heavy atom. The smallest absolute Gasteiger partial charge is 0.143 e. The highest BCUT2D eigenvalue weighted by Crippen LogP contribution is 2.18. The molecule has 1 atom stereocenters. The molecule has 0 aromatic rings. The first-order chi connectivity index (χ1) is 3.79. The summed E-state index contributed by atoms with van der Waals surface area (Å²) in [5.41, 5.74) is 0. The van der Waals surface area contributed by atoms with Gasteiger partial charge in [-0.25, -0.2) is 0 Å². The lowest BCUT2D eigenvalue weighted by molar-refractivity contribution is -0.117. The van der Waals surface area contributed by atoms with Gasteiger partial charge in [0, 0.05) is 6.42 Å². The van der Waals surface area contributed by atoms with Gasteiger partial charge >= 0.3 is 0 Å². The molecule has 1 fully saturated rings. The Balaban J connectivity index is 2.34. The van der Waals surface area contributed by atoms with Gasteiger partial charge in [0.2, 0.25) is 0 Å². The number of carbonyl (C=O) groups is 1. The molecule has 2 heteroatoms. The molecule has 0 N–H and O–H groups in total. The number of ketones is 1. The Bertz CT molecular complexity index is 101. The van der Waals surface area contributed by atoms with Crippen molar-refractivity contribution in [3.63, 3.8) is 0 Å². The van der Waals surface area contributed by atoms with Gasteiger partial charge in [-0.1, -0.05) is 6.92 Å². The molecule has 0 saturated carbocycles. The average molecular weight is 130 g/mol. The fraction of sp³-hybridized carbons (Fsp3) is 0.833. The molecule has 0 amide bonds. The van der Waals surface area contributed by atoms with Gasteiger partial charge in [-0.05, 0) is 11.7 Å². The summed E-state index contributed by atoms with van der Waals surface area (Å²) in [7, 11) is 0. The van der Waals surface area contributed by atoms with Gasteiger partial charge in [-0.15, -0.1) is 0 Å². The van der Waals surface area contributed by atoms with Crippen LogP contribution in [0.4, 0.5) is 0 Å². The van der Waals surface area contributed by atoms with Crippen LogP contribution >= 0.6 is 11.8 Å². The van der Waals surface area contributed by atoms with Crippen molar-refractivity contribution in [2.45, 2.75) is 13.3 Å². The van der Waals surface area contributed by atoms with E-state index < -0.39 is 0 Å². The van der Waals surface area contributed by atoms with Crippen LogP contribution in [0.3, 0.4) is 0 Å². The largest absolute Gasteiger partial charge is 0.299 e. The molecule has 1 aliphatic rings. The highest BCUT2D eigenvalue weighted by Gasteiger charge is 2.14. The minimum atomic E-state index is 0.425. The predicted molar refractivity (Wildman–Crippen MR) is 36.1 cm³/mol. The Hall–Kier alpha value is 0.0200. The molecule has 0 bridgehead atoms. The standard InChI is InChI=1S/C6H10OS/c1-5-2-6(7)4-8-3-5/h5H,2-4H2,1H3/t5-/m1/s1. The fourth-order valence-electron chi connectivity index (χ4n) is 0.880.